The lowest BCUT2D eigenvalue weighted by atomic mass is 9.98. The maximum Gasteiger partial charge on any atom is 0.408 e. The average molecular weight is 524 g/mol. The zero-order valence-electron chi connectivity index (χ0n) is 23.0. The first-order chi connectivity index (χ1) is 17.7. The van der Waals surface area contributed by atoms with Gasteiger partial charge in [-0.2, -0.15) is 0 Å². The fourth-order valence-electron chi connectivity index (χ4n) is 3.73. The molecule has 38 heavy (non-hydrogen) atoms. The van der Waals surface area contributed by atoms with Crippen molar-refractivity contribution < 1.29 is 29.0 Å². The molecule has 0 fully saturated rings. The van der Waals surface area contributed by atoms with Crippen molar-refractivity contribution in [3.05, 3.63) is 53.6 Å². The van der Waals surface area contributed by atoms with E-state index < -0.39 is 35.6 Å². The molecule has 0 bridgehead atoms. The summed E-state index contributed by atoms with van der Waals surface area (Å²) >= 11 is 0. The van der Waals surface area contributed by atoms with Gasteiger partial charge in [-0.3, -0.25) is 14.5 Å². The summed E-state index contributed by atoms with van der Waals surface area (Å²) < 4.78 is 10.5. The Kier molecular flexibility index (Phi) is 10.2. The number of aromatic hydroxyl groups is 1. The number of methoxy groups -OCH3 is 1. The van der Waals surface area contributed by atoms with Gasteiger partial charge in [-0.1, -0.05) is 26.3 Å². The number of ether oxygens (including phenoxy) is 2. The minimum Gasteiger partial charge on any atom is -0.508 e. The number of benzene rings is 2. The van der Waals surface area contributed by atoms with Gasteiger partial charge in [0.1, 0.15) is 29.2 Å². The Labute approximate surface area is 224 Å². The molecule has 9 heteroatoms. The van der Waals surface area contributed by atoms with Crippen LogP contribution in [0.15, 0.2) is 42.5 Å². The van der Waals surface area contributed by atoms with E-state index in [1.54, 1.807) is 58.0 Å². The van der Waals surface area contributed by atoms with Gasteiger partial charge in [0.15, 0.2) is 0 Å². The predicted molar refractivity (Wildman–Crippen MR) is 146 cm³/mol. The van der Waals surface area contributed by atoms with Gasteiger partial charge in [0.2, 0.25) is 0 Å². The molecular weight excluding hydrogens is 486 g/mol. The number of carbonyl (C=O) groups is 3. The number of alkyl carbamates (subject to hydrolysis) is 1. The highest BCUT2D eigenvalue weighted by Crippen LogP contribution is 2.28. The molecule has 2 atom stereocenters. The number of amides is 3. The van der Waals surface area contributed by atoms with Crippen LogP contribution in [0.5, 0.6) is 11.5 Å². The van der Waals surface area contributed by atoms with Crippen molar-refractivity contribution in [1.82, 2.24) is 10.2 Å². The van der Waals surface area contributed by atoms with Crippen LogP contribution >= 0.6 is 0 Å². The summed E-state index contributed by atoms with van der Waals surface area (Å²) in [4.78, 5) is 40.9. The molecule has 204 valence electrons. The lowest BCUT2D eigenvalue weighted by Gasteiger charge is -2.31. The number of nitrogens with zero attached hydrogens (tertiary/aromatic N) is 1. The van der Waals surface area contributed by atoms with Crippen LogP contribution in [0.25, 0.3) is 0 Å². The Balaban J connectivity index is 2.48. The number of rotatable bonds is 9. The van der Waals surface area contributed by atoms with Gasteiger partial charge in [0, 0.05) is 11.7 Å². The van der Waals surface area contributed by atoms with Gasteiger partial charge < -0.3 is 25.2 Å². The molecule has 0 saturated heterocycles. The smallest absolute Gasteiger partial charge is 0.408 e. The maximum atomic E-state index is 13.8. The largest absolute Gasteiger partial charge is 0.508 e. The number of phenols is 1. The third kappa shape index (κ3) is 8.44. The van der Waals surface area contributed by atoms with Gasteiger partial charge in [-0.25, -0.2) is 4.79 Å². The van der Waals surface area contributed by atoms with Gasteiger partial charge in [0.05, 0.1) is 7.11 Å². The molecule has 0 aliphatic rings. The van der Waals surface area contributed by atoms with Crippen LogP contribution in [0.2, 0.25) is 0 Å². The van der Waals surface area contributed by atoms with E-state index in [1.807, 2.05) is 13.8 Å². The van der Waals surface area contributed by atoms with Crippen molar-refractivity contribution in [2.45, 2.75) is 65.6 Å². The van der Waals surface area contributed by atoms with Crippen molar-refractivity contribution in [3.8, 4) is 24.0 Å². The summed E-state index contributed by atoms with van der Waals surface area (Å²) in [5.74, 6) is -0.564. The molecule has 3 amide bonds. The summed E-state index contributed by atoms with van der Waals surface area (Å²) in [6, 6.07) is 11.3. The molecule has 2 aromatic rings. The molecule has 0 radical (unpaired) electrons. The molecule has 2 rings (SSSR count). The predicted octanol–water partition coefficient (Wildman–Crippen LogP) is 4.75. The topological polar surface area (TPSA) is 117 Å². The number of phenolic OH excluding ortho intramolecular Hbond substituents is 1. The van der Waals surface area contributed by atoms with Crippen LogP contribution in [0.1, 0.15) is 58.2 Å². The minimum absolute atomic E-state index is 0.0148. The second-order valence-corrected chi connectivity index (χ2v) is 10.3. The van der Waals surface area contributed by atoms with E-state index in [-0.39, 0.29) is 18.1 Å². The summed E-state index contributed by atoms with van der Waals surface area (Å²) in [5.41, 5.74) is 0.579. The molecule has 2 aromatic carbocycles. The Hall–Kier alpha value is -4.19. The standard InChI is InChI=1S/C29H37N3O6/c1-9-32(27(35)23(16-18(2)3)31-28(36)38-29(5,6)7)25(20-10-15-24(33)19(4)17-20)26(34)30-21-11-13-22(37-8)14-12-21/h1,10-15,17-18,23,25,33H,16H2,2-8H3,(H,30,34)(H,31,36). The third-order valence-electron chi connectivity index (χ3n) is 5.47. The van der Waals surface area contributed by atoms with Gasteiger partial charge in [-0.15, -0.1) is 0 Å². The fraction of sp³-hybridized carbons (Fsp3) is 0.414. The van der Waals surface area contributed by atoms with E-state index in [4.69, 9.17) is 15.9 Å². The summed E-state index contributed by atoms with van der Waals surface area (Å²) in [7, 11) is 1.53. The van der Waals surface area contributed by atoms with Crippen LogP contribution < -0.4 is 15.4 Å². The monoisotopic (exact) mass is 523 g/mol. The zero-order chi connectivity index (χ0) is 28.6. The van der Waals surface area contributed by atoms with Crippen LogP contribution in [0.3, 0.4) is 0 Å². The number of terminal acetylenes is 1. The molecule has 9 nitrogen and oxygen atoms in total. The van der Waals surface area contributed by atoms with E-state index >= 15 is 0 Å². The highest BCUT2D eigenvalue weighted by atomic mass is 16.6. The Bertz CT molecular complexity index is 1180. The Morgan fingerprint density at radius 3 is 2.24 bits per heavy atom. The maximum absolute atomic E-state index is 13.8. The van der Waals surface area contributed by atoms with Crippen molar-refractivity contribution in [2.75, 3.05) is 12.4 Å². The minimum atomic E-state index is -1.26. The number of aryl methyl sites for hydroxylation is 1. The highest BCUT2D eigenvalue weighted by molar-refractivity contribution is 5.99. The van der Waals surface area contributed by atoms with E-state index in [0.717, 1.165) is 4.90 Å². The molecule has 0 aliphatic heterocycles. The van der Waals surface area contributed by atoms with Crippen LogP contribution in [0.4, 0.5) is 10.5 Å². The molecule has 2 unspecified atom stereocenters. The summed E-state index contributed by atoms with van der Waals surface area (Å²) in [5, 5.41) is 15.4. The molecule has 0 aliphatic carbocycles. The molecular formula is C29H37N3O6. The number of carbonyl (C=O) groups excluding carboxylic acids is 3. The molecule has 0 spiro atoms. The molecule has 0 heterocycles. The Morgan fingerprint density at radius 1 is 1.11 bits per heavy atom. The highest BCUT2D eigenvalue weighted by Gasteiger charge is 2.36. The average Bonchev–Trinajstić information content (AvgIpc) is 2.82. The second kappa shape index (κ2) is 12.9. The third-order valence-corrected chi connectivity index (χ3v) is 5.47. The number of hydrogen-bond acceptors (Lipinski definition) is 6. The molecule has 0 aromatic heterocycles. The number of nitrogens with one attached hydrogen (secondary N) is 2. The van der Waals surface area contributed by atoms with Crippen molar-refractivity contribution in [1.29, 1.82) is 0 Å². The van der Waals surface area contributed by atoms with E-state index in [1.165, 1.54) is 19.2 Å². The van der Waals surface area contributed by atoms with E-state index in [2.05, 4.69) is 16.7 Å². The quantitative estimate of drug-likeness (QED) is 0.323. The Morgan fingerprint density at radius 2 is 1.74 bits per heavy atom. The van der Waals surface area contributed by atoms with Crippen LogP contribution in [-0.2, 0) is 14.3 Å². The number of anilines is 1. The summed E-state index contributed by atoms with van der Waals surface area (Å²) in [6.45, 7) is 10.6. The van der Waals surface area contributed by atoms with Crippen LogP contribution in [-0.4, -0.2) is 46.7 Å². The van der Waals surface area contributed by atoms with Crippen molar-refractivity contribution >= 4 is 23.6 Å². The SMILES string of the molecule is C#CN(C(=O)C(CC(C)C)NC(=O)OC(C)(C)C)C(C(=O)Nc1ccc(OC)cc1)c1ccc(O)c(C)c1. The number of hydrogen-bond donors (Lipinski definition) is 3. The first-order valence-corrected chi connectivity index (χ1v) is 12.3. The van der Waals surface area contributed by atoms with Gasteiger partial charge in [0.25, 0.3) is 11.8 Å². The lowest BCUT2D eigenvalue weighted by Crippen LogP contribution is -2.51. The zero-order valence-corrected chi connectivity index (χ0v) is 23.0. The fourth-order valence-corrected chi connectivity index (χ4v) is 3.73. The van der Waals surface area contributed by atoms with Crippen LogP contribution in [0, 0.1) is 25.3 Å². The lowest BCUT2D eigenvalue weighted by molar-refractivity contribution is -0.137. The second-order valence-electron chi connectivity index (χ2n) is 10.3. The first kappa shape index (κ1) is 30.0. The normalized spacial score (nSPS) is 12.6. The van der Waals surface area contributed by atoms with Crippen molar-refractivity contribution in [3.63, 3.8) is 0 Å². The van der Waals surface area contributed by atoms with Crippen molar-refractivity contribution in [2.24, 2.45) is 5.92 Å². The molecule has 0 saturated carbocycles. The van der Waals surface area contributed by atoms with E-state index in [9.17, 15) is 19.5 Å². The summed E-state index contributed by atoms with van der Waals surface area (Å²) in [6.07, 6.45) is 5.31. The first-order valence-electron chi connectivity index (χ1n) is 12.3. The van der Waals surface area contributed by atoms with E-state index in [0.29, 0.717) is 22.6 Å². The van der Waals surface area contributed by atoms with Gasteiger partial charge >= 0.3 is 6.09 Å². The molecule has 3 N–H and O–H groups in total. The van der Waals surface area contributed by atoms with Gasteiger partial charge in [-0.05, 0) is 87.6 Å².